The predicted molar refractivity (Wildman–Crippen MR) is 84.2 cm³/mol. The lowest BCUT2D eigenvalue weighted by Gasteiger charge is -2.37. The third-order valence-electron chi connectivity index (χ3n) is 4.21. The van der Waals surface area contributed by atoms with Crippen LogP contribution < -0.4 is 0 Å². The van der Waals surface area contributed by atoms with Crippen LogP contribution in [0.5, 0.6) is 0 Å². The average molecular weight is 292 g/mol. The second-order valence-electron chi connectivity index (χ2n) is 6.41. The minimum Gasteiger partial charge on any atom is -0.393 e. The Morgan fingerprint density at radius 2 is 1.86 bits per heavy atom. The van der Waals surface area contributed by atoms with Crippen molar-refractivity contribution in [2.24, 2.45) is 5.92 Å². The highest BCUT2D eigenvalue weighted by atomic mass is 16.7. The van der Waals surface area contributed by atoms with E-state index in [4.69, 9.17) is 9.47 Å². The van der Waals surface area contributed by atoms with E-state index >= 15 is 0 Å². The minimum absolute atomic E-state index is 0.156. The van der Waals surface area contributed by atoms with E-state index in [0.29, 0.717) is 12.5 Å². The largest absolute Gasteiger partial charge is 0.393 e. The van der Waals surface area contributed by atoms with Gasteiger partial charge in [0.25, 0.3) is 0 Å². The highest BCUT2D eigenvalue weighted by Gasteiger charge is 2.32. The first kappa shape index (κ1) is 16.5. The number of hydrogen-bond acceptors (Lipinski definition) is 3. The summed E-state index contributed by atoms with van der Waals surface area (Å²) in [5.74, 6) is 0.812. The highest BCUT2D eigenvalue weighted by molar-refractivity contribution is 5.25. The fourth-order valence-electron chi connectivity index (χ4n) is 2.93. The van der Waals surface area contributed by atoms with Crippen LogP contribution in [-0.4, -0.2) is 23.9 Å². The SMILES string of the molecule is CCC1OC(c2ccc(C(C)C)cc2)OCC1CC(C)O. The van der Waals surface area contributed by atoms with Gasteiger partial charge in [0.05, 0.1) is 18.8 Å². The summed E-state index contributed by atoms with van der Waals surface area (Å²) in [5, 5.41) is 9.57. The first-order valence-electron chi connectivity index (χ1n) is 8.06. The van der Waals surface area contributed by atoms with Gasteiger partial charge in [-0.05, 0) is 31.2 Å². The second kappa shape index (κ2) is 7.39. The standard InChI is InChI=1S/C18H28O3/c1-5-17-16(10-13(4)19)11-20-18(21-17)15-8-6-14(7-9-15)12(2)3/h6-9,12-13,16-19H,5,10-11H2,1-4H3. The molecule has 0 aliphatic carbocycles. The fraction of sp³-hybridized carbons (Fsp3) is 0.667. The molecule has 0 saturated carbocycles. The molecular formula is C18H28O3. The molecule has 1 fully saturated rings. The van der Waals surface area contributed by atoms with Gasteiger partial charge in [0, 0.05) is 11.5 Å². The van der Waals surface area contributed by atoms with E-state index in [1.165, 1.54) is 5.56 Å². The van der Waals surface area contributed by atoms with Crippen LogP contribution in [0.15, 0.2) is 24.3 Å². The van der Waals surface area contributed by atoms with Crippen LogP contribution >= 0.6 is 0 Å². The smallest absolute Gasteiger partial charge is 0.184 e. The maximum Gasteiger partial charge on any atom is 0.184 e. The Morgan fingerprint density at radius 1 is 1.19 bits per heavy atom. The molecule has 0 spiro atoms. The zero-order valence-electron chi connectivity index (χ0n) is 13.6. The normalized spacial score (nSPS) is 27.8. The number of rotatable bonds is 5. The van der Waals surface area contributed by atoms with Gasteiger partial charge >= 0.3 is 0 Å². The summed E-state index contributed by atoms with van der Waals surface area (Å²) < 4.78 is 12.0. The van der Waals surface area contributed by atoms with Crippen LogP contribution in [0, 0.1) is 5.92 Å². The summed E-state index contributed by atoms with van der Waals surface area (Å²) in [6.07, 6.45) is 1.25. The molecule has 0 bridgehead atoms. The molecule has 1 aliphatic rings. The van der Waals surface area contributed by atoms with Gasteiger partial charge in [-0.1, -0.05) is 45.0 Å². The molecule has 0 aromatic heterocycles. The Labute approximate surface area is 128 Å². The molecule has 1 N–H and O–H groups in total. The van der Waals surface area contributed by atoms with Gasteiger partial charge in [-0.15, -0.1) is 0 Å². The summed E-state index contributed by atoms with van der Waals surface area (Å²) >= 11 is 0. The molecule has 0 radical (unpaired) electrons. The zero-order chi connectivity index (χ0) is 15.4. The van der Waals surface area contributed by atoms with Crippen LogP contribution in [0.3, 0.4) is 0 Å². The van der Waals surface area contributed by atoms with Crippen LogP contribution in [0.1, 0.15) is 63.9 Å². The molecule has 3 heteroatoms. The lowest BCUT2D eigenvalue weighted by atomic mass is 9.93. The van der Waals surface area contributed by atoms with Gasteiger partial charge in [0.1, 0.15) is 0 Å². The molecule has 1 heterocycles. The maximum atomic E-state index is 9.57. The van der Waals surface area contributed by atoms with Crippen molar-refractivity contribution in [1.29, 1.82) is 0 Å². The van der Waals surface area contributed by atoms with Crippen LogP contribution in [0.2, 0.25) is 0 Å². The van der Waals surface area contributed by atoms with Crippen molar-refractivity contribution < 1.29 is 14.6 Å². The monoisotopic (exact) mass is 292 g/mol. The van der Waals surface area contributed by atoms with Crippen molar-refractivity contribution in [3.63, 3.8) is 0 Å². The first-order valence-corrected chi connectivity index (χ1v) is 8.06. The van der Waals surface area contributed by atoms with E-state index < -0.39 is 0 Å². The number of benzene rings is 1. The molecule has 1 aliphatic heterocycles. The maximum absolute atomic E-state index is 9.57. The van der Waals surface area contributed by atoms with Gasteiger partial charge in [0.15, 0.2) is 6.29 Å². The average Bonchev–Trinajstić information content (AvgIpc) is 2.47. The summed E-state index contributed by atoms with van der Waals surface area (Å²) in [6.45, 7) is 8.99. The van der Waals surface area contributed by atoms with Crippen LogP contribution in [-0.2, 0) is 9.47 Å². The Kier molecular flexibility index (Phi) is 5.80. The fourth-order valence-corrected chi connectivity index (χ4v) is 2.93. The summed E-state index contributed by atoms with van der Waals surface area (Å²) in [5.41, 5.74) is 2.40. The quantitative estimate of drug-likeness (QED) is 0.890. The van der Waals surface area contributed by atoms with E-state index in [2.05, 4.69) is 45.0 Å². The molecule has 0 amide bonds. The van der Waals surface area contributed by atoms with Gasteiger partial charge in [-0.25, -0.2) is 0 Å². The van der Waals surface area contributed by atoms with Crippen molar-refractivity contribution in [2.75, 3.05) is 6.61 Å². The number of aliphatic hydroxyl groups excluding tert-OH is 1. The van der Waals surface area contributed by atoms with Gasteiger partial charge < -0.3 is 14.6 Å². The van der Waals surface area contributed by atoms with Gasteiger partial charge in [-0.3, -0.25) is 0 Å². The van der Waals surface area contributed by atoms with E-state index in [9.17, 15) is 5.11 Å². The highest BCUT2D eigenvalue weighted by Crippen LogP contribution is 2.33. The molecule has 3 nitrogen and oxygen atoms in total. The third kappa shape index (κ3) is 4.29. The molecule has 4 unspecified atom stereocenters. The molecule has 2 rings (SSSR count). The van der Waals surface area contributed by atoms with Crippen LogP contribution in [0.25, 0.3) is 0 Å². The van der Waals surface area contributed by atoms with Crippen LogP contribution in [0.4, 0.5) is 0 Å². The molecule has 4 atom stereocenters. The summed E-state index contributed by atoms with van der Waals surface area (Å²) in [6, 6.07) is 8.49. The van der Waals surface area contributed by atoms with Crippen molar-refractivity contribution in [1.82, 2.24) is 0 Å². The van der Waals surface area contributed by atoms with Crippen molar-refractivity contribution in [3.05, 3.63) is 35.4 Å². The Morgan fingerprint density at radius 3 is 2.38 bits per heavy atom. The number of aliphatic hydroxyl groups is 1. The Bertz CT molecular complexity index is 425. The molecule has 1 aromatic carbocycles. The lowest BCUT2D eigenvalue weighted by molar-refractivity contribution is -0.245. The number of ether oxygens (including phenoxy) is 2. The topological polar surface area (TPSA) is 38.7 Å². The molecule has 21 heavy (non-hydrogen) atoms. The Hall–Kier alpha value is -0.900. The van der Waals surface area contributed by atoms with E-state index in [1.807, 2.05) is 6.92 Å². The molecular weight excluding hydrogens is 264 g/mol. The van der Waals surface area contributed by atoms with E-state index in [0.717, 1.165) is 18.4 Å². The first-order chi connectivity index (χ1) is 10.0. The Balaban J connectivity index is 2.02. The van der Waals surface area contributed by atoms with E-state index in [-0.39, 0.29) is 24.4 Å². The predicted octanol–water partition coefficient (Wildman–Crippen LogP) is 4.02. The molecule has 1 aromatic rings. The number of hydrogen-bond donors (Lipinski definition) is 1. The van der Waals surface area contributed by atoms with Crippen molar-refractivity contribution in [2.45, 2.75) is 65.0 Å². The summed E-state index contributed by atoms with van der Waals surface area (Å²) in [4.78, 5) is 0. The summed E-state index contributed by atoms with van der Waals surface area (Å²) in [7, 11) is 0. The van der Waals surface area contributed by atoms with Crippen molar-refractivity contribution >= 4 is 0 Å². The van der Waals surface area contributed by atoms with Gasteiger partial charge in [0.2, 0.25) is 0 Å². The lowest BCUT2D eigenvalue weighted by Crippen LogP contribution is -2.37. The molecule has 1 saturated heterocycles. The minimum atomic E-state index is -0.307. The van der Waals surface area contributed by atoms with Gasteiger partial charge in [-0.2, -0.15) is 0 Å². The zero-order valence-corrected chi connectivity index (χ0v) is 13.6. The molecule has 118 valence electrons. The van der Waals surface area contributed by atoms with E-state index in [1.54, 1.807) is 0 Å². The van der Waals surface area contributed by atoms with Crippen molar-refractivity contribution in [3.8, 4) is 0 Å². The third-order valence-corrected chi connectivity index (χ3v) is 4.21. The second-order valence-corrected chi connectivity index (χ2v) is 6.41.